The van der Waals surface area contributed by atoms with E-state index in [1.54, 1.807) is 30.3 Å². The van der Waals surface area contributed by atoms with Crippen molar-refractivity contribution in [3.05, 3.63) is 76.8 Å². The van der Waals surface area contributed by atoms with Gasteiger partial charge in [-0.1, -0.05) is 35.9 Å². The third kappa shape index (κ3) is 5.33. The van der Waals surface area contributed by atoms with Gasteiger partial charge in [0.15, 0.2) is 0 Å². The number of nitrogens with zero attached hydrogens (tertiary/aromatic N) is 1. The standard InChI is InChI=1S/C27H25ClF3NO5S/c1-16-21(8-5-9-22(16)28)17-10-11-24-23(12-17)32(15-19(37-24)14-26(2,3)25(33)34)38(35,36)20-7-4-6-18(13-20)27(29,30)31/h4-13,19H,14-15H2,1-3H3,(H,33,34). The summed E-state index contributed by atoms with van der Waals surface area (Å²) in [5.74, 6) is -0.924. The molecule has 4 rings (SSSR count). The molecule has 0 spiro atoms. The Labute approximate surface area is 223 Å². The lowest BCUT2D eigenvalue weighted by atomic mass is 9.86. The van der Waals surface area contributed by atoms with Crippen molar-refractivity contribution in [2.75, 3.05) is 10.8 Å². The van der Waals surface area contributed by atoms with E-state index >= 15 is 0 Å². The summed E-state index contributed by atoms with van der Waals surface area (Å²) >= 11 is 6.28. The van der Waals surface area contributed by atoms with Gasteiger partial charge in [-0.05, 0) is 73.9 Å². The summed E-state index contributed by atoms with van der Waals surface area (Å²) < 4.78 is 74.8. The van der Waals surface area contributed by atoms with Gasteiger partial charge in [0.2, 0.25) is 0 Å². The maximum Gasteiger partial charge on any atom is 0.416 e. The molecule has 0 bridgehead atoms. The average molecular weight is 568 g/mol. The predicted octanol–water partition coefficient (Wildman–Crippen LogP) is 6.79. The highest BCUT2D eigenvalue weighted by Gasteiger charge is 2.40. The number of ether oxygens (including phenoxy) is 1. The molecule has 1 heterocycles. The van der Waals surface area contributed by atoms with Crippen LogP contribution in [0.5, 0.6) is 5.75 Å². The van der Waals surface area contributed by atoms with Crippen molar-refractivity contribution in [3.63, 3.8) is 0 Å². The number of fused-ring (bicyclic) bond motifs is 1. The summed E-state index contributed by atoms with van der Waals surface area (Å²) in [6, 6.07) is 13.7. The number of aliphatic carboxylic acids is 1. The summed E-state index contributed by atoms with van der Waals surface area (Å²) in [6.45, 7) is 4.50. The van der Waals surface area contributed by atoms with E-state index in [0.717, 1.165) is 33.6 Å². The van der Waals surface area contributed by atoms with Gasteiger partial charge in [-0.15, -0.1) is 0 Å². The van der Waals surface area contributed by atoms with Crippen LogP contribution in [0.25, 0.3) is 11.1 Å². The molecule has 0 aromatic heterocycles. The lowest BCUT2D eigenvalue weighted by Crippen LogP contribution is -2.46. The number of halogens is 4. The number of hydrogen-bond acceptors (Lipinski definition) is 4. The Balaban J connectivity index is 1.86. The second kappa shape index (κ2) is 9.81. The number of anilines is 1. The lowest BCUT2D eigenvalue weighted by Gasteiger charge is -2.38. The maximum absolute atomic E-state index is 13.8. The van der Waals surface area contributed by atoms with Gasteiger partial charge >= 0.3 is 12.1 Å². The number of rotatable bonds is 6. The van der Waals surface area contributed by atoms with Gasteiger partial charge < -0.3 is 9.84 Å². The van der Waals surface area contributed by atoms with Crippen LogP contribution in [-0.4, -0.2) is 32.1 Å². The second-order valence-corrected chi connectivity index (χ2v) is 12.1. The molecule has 6 nitrogen and oxygen atoms in total. The Morgan fingerprint density at radius 1 is 1.11 bits per heavy atom. The fourth-order valence-electron chi connectivity index (χ4n) is 4.35. The largest absolute Gasteiger partial charge is 0.486 e. The van der Waals surface area contributed by atoms with Crippen molar-refractivity contribution in [1.29, 1.82) is 0 Å². The maximum atomic E-state index is 13.8. The molecule has 1 unspecified atom stereocenters. The zero-order valence-electron chi connectivity index (χ0n) is 20.7. The molecule has 0 fully saturated rings. The van der Waals surface area contributed by atoms with E-state index in [9.17, 15) is 31.5 Å². The zero-order chi connectivity index (χ0) is 28.0. The van der Waals surface area contributed by atoms with Gasteiger partial charge in [0.25, 0.3) is 10.0 Å². The highest BCUT2D eigenvalue weighted by molar-refractivity contribution is 7.92. The number of benzene rings is 3. The fraction of sp³-hybridized carbons (Fsp3) is 0.296. The SMILES string of the molecule is Cc1c(Cl)cccc1-c1ccc2c(c1)N(S(=O)(=O)c1cccc(C(F)(F)F)c1)CC(CC(C)(C)C(=O)O)O2. The second-order valence-electron chi connectivity index (χ2n) is 9.79. The number of alkyl halides is 3. The fourth-order valence-corrected chi connectivity index (χ4v) is 6.07. The van der Waals surface area contributed by atoms with Crippen molar-refractivity contribution >= 4 is 33.3 Å². The van der Waals surface area contributed by atoms with E-state index in [1.165, 1.54) is 13.8 Å². The third-order valence-corrected chi connectivity index (χ3v) is 8.72. The van der Waals surface area contributed by atoms with Crippen LogP contribution in [0.4, 0.5) is 18.9 Å². The van der Waals surface area contributed by atoms with Crippen LogP contribution >= 0.6 is 11.6 Å². The van der Waals surface area contributed by atoms with Gasteiger partial charge in [-0.3, -0.25) is 9.10 Å². The first kappa shape index (κ1) is 27.8. The van der Waals surface area contributed by atoms with Crippen LogP contribution in [0.15, 0.2) is 65.6 Å². The molecule has 202 valence electrons. The van der Waals surface area contributed by atoms with E-state index in [1.807, 2.05) is 13.0 Å². The minimum atomic E-state index is -4.74. The number of carboxylic acids is 1. The molecule has 3 aromatic carbocycles. The van der Waals surface area contributed by atoms with Gasteiger partial charge in [-0.25, -0.2) is 8.42 Å². The molecule has 1 atom stereocenters. The zero-order valence-corrected chi connectivity index (χ0v) is 22.3. The van der Waals surface area contributed by atoms with E-state index in [4.69, 9.17) is 16.3 Å². The van der Waals surface area contributed by atoms with Crippen molar-refractivity contribution in [2.45, 2.75) is 44.4 Å². The van der Waals surface area contributed by atoms with Gasteiger partial charge in [0, 0.05) is 11.4 Å². The minimum Gasteiger partial charge on any atom is -0.486 e. The van der Waals surface area contributed by atoms with E-state index in [-0.39, 0.29) is 24.4 Å². The number of carboxylic acid groups (broad SMARTS) is 1. The summed E-state index contributed by atoms with van der Waals surface area (Å²) in [4.78, 5) is 11.2. The van der Waals surface area contributed by atoms with E-state index in [2.05, 4.69) is 0 Å². The molecule has 3 aromatic rings. The van der Waals surface area contributed by atoms with Crippen LogP contribution in [0.2, 0.25) is 5.02 Å². The van der Waals surface area contributed by atoms with Gasteiger partial charge in [-0.2, -0.15) is 13.2 Å². The molecule has 0 aliphatic carbocycles. The van der Waals surface area contributed by atoms with Crippen molar-refractivity contribution in [3.8, 4) is 16.9 Å². The molecular formula is C27H25ClF3NO5S. The Bertz CT molecular complexity index is 1500. The molecule has 1 aliphatic heterocycles. The summed E-state index contributed by atoms with van der Waals surface area (Å²) in [5, 5.41) is 10.1. The molecule has 0 saturated carbocycles. The van der Waals surface area contributed by atoms with Crippen LogP contribution in [-0.2, 0) is 21.0 Å². The third-order valence-electron chi connectivity index (χ3n) is 6.54. The highest BCUT2D eigenvalue weighted by Crippen LogP contribution is 2.43. The van der Waals surface area contributed by atoms with Crippen molar-refractivity contribution in [2.24, 2.45) is 5.41 Å². The molecule has 0 amide bonds. The molecule has 38 heavy (non-hydrogen) atoms. The topological polar surface area (TPSA) is 83.9 Å². The monoisotopic (exact) mass is 567 g/mol. The normalized spacial score (nSPS) is 16.1. The summed E-state index contributed by atoms with van der Waals surface area (Å²) in [6.07, 6.45) is -5.64. The molecule has 0 radical (unpaired) electrons. The molecule has 1 N–H and O–H groups in total. The molecule has 0 saturated heterocycles. The van der Waals surface area contributed by atoms with Gasteiger partial charge in [0.05, 0.1) is 28.1 Å². The molecule has 1 aliphatic rings. The molecule has 11 heteroatoms. The van der Waals surface area contributed by atoms with Crippen LogP contribution in [0, 0.1) is 12.3 Å². The predicted molar refractivity (Wildman–Crippen MR) is 138 cm³/mol. The Morgan fingerprint density at radius 2 is 1.79 bits per heavy atom. The van der Waals surface area contributed by atoms with Crippen molar-refractivity contribution in [1.82, 2.24) is 0 Å². The number of carbonyl (C=O) groups is 1. The Kier molecular flexibility index (Phi) is 7.18. The summed E-state index contributed by atoms with van der Waals surface area (Å²) in [7, 11) is -4.50. The van der Waals surface area contributed by atoms with Crippen LogP contribution < -0.4 is 9.04 Å². The first-order valence-electron chi connectivity index (χ1n) is 11.6. The van der Waals surface area contributed by atoms with E-state index in [0.29, 0.717) is 16.7 Å². The quantitative estimate of drug-likeness (QED) is 0.354. The van der Waals surface area contributed by atoms with Crippen LogP contribution in [0.1, 0.15) is 31.4 Å². The van der Waals surface area contributed by atoms with Crippen LogP contribution in [0.3, 0.4) is 0 Å². The minimum absolute atomic E-state index is 0.0362. The summed E-state index contributed by atoms with van der Waals surface area (Å²) in [5.41, 5.74) is -0.0837. The smallest absolute Gasteiger partial charge is 0.416 e. The van der Waals surface area contributed by atoms with Crippen molar-refractivity contribution < 1.29 is 36.2 Å². The molecular weight excluding hydrogens is 543 g/mol. The lowest BCUT2D eigenvalue weighted by molar-refractivity contribution is -0.148. The van der Waals surface area contributed by atoms with Gasteiger partial charge in [0.1, 0.15) is 11.9 Å². The average Bonchev–Trinajstić information content (AvgIpc) is 2.84. The number of sulfonamides is 1. The Morgan fingerprint density at radius 3 is 2.45 bits per heavy atom. The highest BCUT2D eigenvalue weighted by atomic mass is 35.5. The Hall–Kier alpha value is -3.24. The first-order chi connectivity index (χ1) is 17.6. The first-order valence-corrected chi connectivity index (χ1v) is 13.4. The van der Waals surface area contributed by atoms with E-state index < -0.39 is 44.1 Å². The number of hydrogen-bond donors (Lipinski definition) is 1.